The first-order valence-electron chi connectivity index (χ1n) is 11.8. The molecule has 1 fully saturated rings. The molecule has 1 aliphatic rings. The van der Waals surface area contributed by atoms with Gasteiger partial charge in [0.15, 0.2) is 0 Å². The predicted octanol–water partition coefficient (Wildman–Crippen LogP) is 6.29. The van der Waals surface area contributed by atoms with Gasteiger partial charge in [0.25, 0.3) is 0 Å². The fraction of sp³-hybridized carbons (Fsp3) is 0.259. The van der Waals surface area contributed by atoms with Crippen molar-refractivity contribution in [3.8, 4) is 17.7 Å². The van der Waals surface area contributed by atoms with Crippen LogP contribution in [0.5, 0.6) is 11.5 Å². The zero-order valence-corrected chi connectivity index (χ0v) is 22.3. The normalized spacial score (nSPS) is 16.9. The molecule has 0 bridgehead atoms. The lowest BCUT2D eigenvalue weighted by molar-refractivity contribution is -0.137. The van der Waals surface area contributed by atoms with E-state index in [4.69, 9.17) is 16.3 Å². The number of ether oxygens (including phenoxy) is 1. The van der Waals surface area contributed by atoms with Crippen molar-refractivity contribution in [1.82, 2.24) is 4.90 Å². The van der Waals surface area contributed by atoms with Crippen molar-refractivity contribution in [3.05, 3.63) is 88.9 Å². The van der Waals surface area contributed by atoms with E-state index in [1.165, 1.54) is 6.07 Å². The summed E-state index contributed by atoms with van der Waals surface area (Å²) in [4.78, 5) is 7.39. The predicted molar refractivity (Wildman–Crippen MR) is 144 cm³/mol. The lowest BCUT2D eigenvalue weighted by Gasteiger charge is -2.26. The number of guanidine groups is 1. The molecular weight excluding hydrogens is 553 g/mol. The van der Waals surface area contributed by atoms with Crippen LogP contribution < -0.4 is 9.64 Å². The lowest BCUT2D eigenvalue weighted by Crippen LogP contribution is -2.35. The highest BCUT2D eigenvalue weighted by Gasteiger charge is 2.39. The fourth-order valence-electron chi connectivity index (χ4n) is 4.33. The number of hydrogen-bond acceptors (Lipinski definition) is 5. The number of nitriles is 1. The molecule has 0 N–H and O–H groups in total. The average molecular weight is 577 g/mol. The highest BCUT2D eigenvalue weighted by Crippen LogP contribution is 2.38. The van der Waals surface area contributed by atoms with E-state index in [9.17, 15) is 26.9 Å². The van der Waals surface area contributed by atoms with Crippen LogP contribution in [0.3, 0.4) is 0 Å². The summed E-state index contributed by atoms with van der Waals surface area (Å²) in [7, 11) is -3.22. The maximum Gasteiger partial charge on any atom is 0.416 e. The molecule has 0 aliphatic carbocycles. The Kier molecular flexibility index (Phi) is 8.37. The van der Waals surface area contributed by atoms with Gasteiger partial charge in [0.2, 0.25) is 12.2 Å². The van der Waals surface area contributed by atoms with Gasteiger partial charge in [0.1, 0.15) is 21.3 Å². The summed E-state index contributed by atoms with van der Waals surface area (Å²) >= 11 is 5.92. The van der Waals surface area contributed by atoms with Gasteiger partial charge in [-0.05, 0) is 72.6 Å². The molecule has 0 amide bonds. The molecule has 204 valence electrons. The summed E-state index contributed by atoms with van der Waals surface area (Å²) in [5.41, 5.74) is 0.156. The molecule has 0 saturated carbocycles. The van der Waals surface area contributed by atoms with Crippen molar-refractivity contribution < 1.29 is 26.3 Å². The van der Waals surface area contributed by atoms with Crippen molar-refractivity contribution >= 4 is 33.1 Å². The van der Waals surface area contributed by atoms with Gasteiger partial charge in [-0.25, -0.2) is 8.42 Å². The van der Waals surface area contributed by atoms with E-state index in [2.05, 4.69) is 4.99 Å². The van der Waals surface area contributed by atoms with Gasteiger partial charge in [-0.15, -0.1) is 4.99 Å². The third-order valence-electron chi connectivity index (χ3n) is 6.06. The maximum absolute atomic E-state index is 13.5. The summed E-state index contributed by atoms with van der Waals surface area (Å²) in [6.45, 7) is 0.450. The molecule has 1 saturated heterocycles. The molecule has 0 spiro atoms. The van der Waals surface area contributed by atoms with E-state index in [1.807, 2.05) is 0 Å². The minimum atomic E-state index is -4.53. The van der Waals surface area contributed by atoms with E-state index in [1.54, 1.807) is 70.6 Å². The minimum Gasteiger partial charge on any atom is -0.457 e. The van der Waals surface area contributed by atoms with Crippen LogP contribution in [0.4, 0.5) is 18.9 Å². The van der Waals surface area contributed by atoms with Crippen LogP contribution in [0, 0.1) is 11.5 Å². The third kappa shape index (κ3) is 7.22. The molecule has 1 unspecified atom stereocenters. The van der Waals surface area contributed by atoms with Gasteiger partial charge in [-0.2, -0.15) is 18.4 Å². The number of hydrogen-bond donors (Lipinski definition) is 0. The van der Waals surface area contributed by atoms with Crippen LogP contribution in [-0.2, 0) is 16.0 Å². The van der Waals surface area contributed by atoms with E-state index < -0.39 is 27.6 Å². The van der Waals surface area contributed by atoms with Crippen molar-refractivity contribution in [2.24, 2.45) is 4.99 Å². The molecule has 7 nitrogen and oxygen atoms in total. The quantitative estimate of drug-likeness (QED) is 0.293. The molecule has 1 aliphatic heterocycles. The topological polar surface area (TPSA) is 86.0 Å². The number of nitrogens with zero attached hydrogens (tertiary/aromatic N) is 4. The Balaban J connectivity index is 1.69. The summed E-state index contributed by atoms with van der Waals surface area (Å²) in [5.74, 6) is 1.23. The second kappa shape index (κ2) is 11.6. The Bertz CT molecular complexity index is 1490. The summed E-state index contributed by atoms with van der Waals surface area (Å²) in [5, 5.41) is 10.0. The Labute approximate surface area is 229 Å². The first-order valence-corrected chi connectivity index (χ1v) is 14.3. The molecular formula is C27H24ClF3N4O3S. The van der Waals surface area contributed by atoms with E-state index in [0.29, 0.717) is 27.8 Å². The zero-order chi connectivity index (χ0) is 28.2. The first-order chi connectivity index (χ1) is 18.4. The fourth-order valence-corrected chi connectivity index (χ4v) is 5.11. The lowest BCUT2D eigenvalue weighted by atomic mass is 10.0. The first kappa shape index (κ1) is 28.3. The molecule has 0 radical (unpaired) electrons. The number of alkyl halides is 3. The number of benzene rings is 3. The van der Waals surface area contributed by atoms with E-state index >= 15 is 0 Å². The second-order valence-corrected chi connectivity index (χ2v) is 11.7. The van der Waals surface area contributed by atoms with Gasteiger partial charge < -0.3 is 14.5 Å². The van der Waals surface area contributed by atoms with E-state index in [0.717, 1.165) is 18.4 Å². The van der Waals surface area contributed by atoms with Gasteiger partial charge in [0.05, 0.1) is 17.4 Å². The van der Waals surface area contributed by atoms with Crippen LogP contribution >= 0.6 is 11.6 Å². The highest BCUT2D eigenvalue weighted by atomic mass is 35.5. The van der Waals surface area contributed by atoms with Crippen LogP contribution in [0.2, 0.25) is 5.02 Å². The Morgan fingerprint density at radius 1 is 1.08 bits per heavy atom. The number of halogens is 4. The van der Waals surface area contributed by atoms with Gasteiger partial charge >= 0.3 is 6.18 Å². The molecule has 3 aromatic carbocycles. The van der Waals surface area contributed by atoms with Crippen molar-refractivity contribution in [2.75, 3.05) is 30.0 Å². The molecule has 3 aromatic rings. The van der Waals surface area contributed by atoms with Gasteiger partial charge in [-0.3, -0.25) is 0 Å². The number of sulfone groups is 1. The number of rotatable bonds is 8. The Hall–Kier alpha value is -3.75. The zero-order valence-electron chi connectivity index (χ0n) is 20.8. The average Bonchev–Trinajstić information content (AvgIpc) is 3.23. The SMILES string of the molecule is CS(=O)(=O)CCCN1CC(c2cccc(C(F)(F)F)c2)N(c2ccc(Oc3ccc(Cl)cc3)cc2)/C1=N\C#N. The smallest absolute Gasteiger partial charge is 0.416 e. The molecule has 4 rings (SSSR count). The van der Waals surface area contributed by atoms with Crippen molar-refractivity contribution in [1.29, 1.82) is 5.26 Å². The number of aliphatic imine (C=N–C) groups is 1. The summed E-state index contributed by atoms with van der Waals surface area (Å²) in [6.07, 6.45) is -1.36. The van der Waals surface area contributed by atoms with Crippen molar-refractivity contribution in [2.45, 2.75) is 18.6 Å². The highest BCUT2D eigenvalue weighted by molar-refractivity contribution is 7.90. The molecule has 0 aromatic heterocycles. The second-order valence-electron chi connectivity index (χ2n) is 9.00. The monoisotopic (exact) mass is 576 g/mol. The van der Waals surface area contributed by atoms with Crippen LogP contribution in [-0.4, -0.2) is 44.4 Å². The maximum atomic E-state index is 13.5. The van der Waals surface area contributed by atoms with Crippen molar-refractivity contribution in [3.63, 3.8) is 0 Å². The molecule has 12 heteroatoms. The van der Waals surface area contributed by atoms with E-state index in [-0.39, 0.29) is 31.2 Å². The molecule has 39 heavy (non-hydrogen) atoms. The van der Waals surface area contributed by atoms with Crippen LogP contribution in [0.1, 0.15) is 23.6 Å². The van der Waals surface area contributed by atoms with Crippen LogP contribution in [0.15, 0.2) is 77.8 Å². The van der Waals surface area contributed by atoms with Gasteiger partial charge in [0, 0.05) is 30.1 Å². The van der Waals surface area contributed by atoms with Crippen LogP contribution in [0.25, 0.3) is 0 Å². The third-order valence-corrected chi connectivity index (χ3v) is 7.34. The number of anilines is 1. The van der Waals surface area contributed by atoms with Gasteiger partial charge in [-0.1, -0.05) is 23.7 Å². The Morgan fingerprint density at radius 3 is 2.31 bits per heavy atom. The molecule has 1 atom stereocenters. The summed E-state index contributed by atoms with van der Waals surface area (Å²) in [6, 6.07) is 18.0. The standard InChI is InChI=1S/C27H24ClF3N4O3S/c1-39(36,37)15-3-14-34-17-25(19-4-2-5-20(16-19)27(29,30)31)35(26(34)33-18-32)22-8-12-24(13-9-22)38-23-10-6-21(28)7-11-23/h2,4-13,16,25H,3,14-15,17H2,1H3/b33-26-. The molecule has 1 heterocycles. The minimum absolute atomic E-state index is 0.0751. The summed E-state index contributed by atoms with van der Waals surface area (Å²) < 4.78 is 69.7. The Morgan fingerprint density at radius 2 is 1.72 bits per heavy atom. The largest absolute Gasteiger partial charge is 0.457 e.